The molecular formula is C10H16FN3. The van der Waals surface area contributed by atoms with Crippen LogP contribution in [0.15, 0.2) is 12.4 Å². The van der Waals surface area contributed by atoms with Crippen LogP contribution in [0.2, 0.25) is 0 Å². The van der Waals surface area contributed by atoms with Gasteiger partial charge in [0, 0.05) is 18.9 Å². The monoisotopic (exact) mass is 197 g/mol. The average molecular weight is 197 g/mol. The number of halogens is 1. The number of hydrogen-bond donors (Lipinski definition) is 1. The maximum atomic E-state index is 13.7. The van der Waals surface area contributed by atoms with Crippen molar-refractivity contribution in [1.82, 2.24) is 14.9 Å². The van der Waals surface area contributed by atoms with Gasteiger partial charge in [-0.25, -0.2) is 9.37 Å². The van der Waals surface area contributed by atoms with Crippen molar-refractivity contribution in [2.24, 2.45) is 0 Å². The first-order chi connectivity index (χ1) is 6.66. The fraction of sp³-hybridized carbons (Fsp3) is 0.700. The Morgan fingerprint density at radius 2 is 2.57 bits per heavy atom. The van der Waals surface area contributed by atoms with Crippen LogP contribution >= 0.6 is 0 Å². The van der Waals surface area contributed by atoms with Gasteiger partial charge in [0.05, 0.1) is 6.54 Å². The van der Waals surface area contributed by atoms with E-state index in [1.807, 2.05) is 0 Å². The van der Waals surface area contributed by atoms with Crippen molar-refractivity contribution < 1.29 is 4.39 Å². The van der Waals surface area contributed by atoms with Crippen molar-refractivity contribution in [1.29, 1.82) is 0 Å². The maximum absolute atomic E-state index is 13.7. The van der Waals surface area contributed by atoms with Gasteiger partial charge in [-0.05, 0) is 26.3 Å². The molecule has 0 aromatic carbocycles. The predicted molar refractivity (Wildman–Crippen MR) is 52.6 cm³/mol. The van der Waals surface area contributed by atoms with Crippen molar-refractivity contribution in [3.63, 3.8) is 0 Å². The second kappa shape index (κ2) is 3.69. The number of alkyl halides is 1. The number of piperidine rings is 1. The molecule has 1 aliphatic heterocycles. The number of aromatic nitrogens is 2. The van der Waals surface area contributed by atoms with Gasteiger partial charge in [-0.3, -0.25) is 4.90 Å². The van der Waals surface area contributed by atoms with E-state index in [2.05, 4.69) is 14.9 Å². The molecule has 0 amide bonds. The summed E-state index contributed by atoms with van der Waals surface area (Å²) in [4.78, 5) is 9.29. The molecule has 14 heavy (non-hydrogen) atoms. The first kappa shape index (κ1) is 9.65. The van der Waals surface area contributed by atoms with E-state index in [-0.39, 0.29) is 0 Å². The first-order valence-corrected chi connectivity index (χ1v) is 5.05. The molecule has 3 nitrogen and oxygen atoms in total. The third-order valence-electron chi connectivity index (χ3n) is 2.65. The summed E-state index contributed by atoms with van der Waals surface area (Å²) in [7, 11) is 0. The van der Waals surface area contributed by atoms with Gasteiger partial charge in [0.1, 0.15) is 11.5 Å². The summed E-state index contributed by atoms with van der Waals surface area (Å²) in [6.45, 7) is 3.90. The van der Waals surface area contributed by atoms with Crippen molar-refractivity contribution >= 4 is 0 Å². The molecule has 1 aromatic heterocycles. The van der Waals surface area contributed by atoms with Gasteiger partial charge in [0.2, 0.25) is 0 Å². The summed E-state index contributed by atoms with van der Waals surface area (Å²) in [5.41, 5.74) is -1.02. The molecule has 0 aliphatic carbocycles. The fourth-order valence-electron chi connectivity index (χ4n) is 2.03. The Morgan fingerprint density at radius 1 is 1.71 bits per heavy atom. The van der Waals surface area contributed by atoms with Gasteiger partial charge in [0.25, 0.3) is 0 Å². The van der Waals surface area contributed by atoms with Crippen LogP contribution in [-0.4, -0.2) is 33.6 Å². The molecule has 1 atom stereocenters. The van der Waals surface area contributed by atoms with Gasteiger partial charge in [-0.2, -0.15) is 0 Å². The Kier molecular flexibility index (Phi) is 2.54. The zero-order chi connectivity index (χ0) is 10.0. The zero-order valence-electron chi connectivity index (χ0n) is 8.46. The van der Waals surface area contributed by atoms with Crippen molar-refractivity contribution in [3.05, 3.63) is 18.2 Å². The van der Waals surface area contributed by atoms with Crippen LogP contribution in [0.5, 0.6) is 0 Å². The second-order valence-corrected chi connectivity index (χ2v) is 4.26. The predicted octanol–water partition coefficient (Wildman–Crippen LogP) is 1.73. The number of hydrogen-bond acceptors (Lipinski definition) is 2. The number of imidazole rings is 1. The van der Waals surface area contributed by atoms with Crippen molar-refractivity contribution in [2.75, 3.05) is 13.1 Å². The highest BCUT2D eigenvalue weighted by Crippen LogP contribution is 2.24. The number of rotatable bonds is 2. The third-order valence-corrected chi connectivity index (χ3v) is 2.65. The summed E-state index contributed by atoms with van der Waals surface area (Å²) < 4.78 is 13.7. The molecule has 78 valence electrons. The van der Waals surface area contributed by atoms with E-state index in [1.54, 1.807) is 19.3 Å². The maximum Gasteiger partial charge on any atom is 0.120 e. The van der Waals surface area contributed by atoms with Gasteiger partial charge < -0.3 is 4.98 Å². The van der Waals surface area contributed by atoms with E-state index >= 15 is 0 Å². The summed E-state index contributed by atoms with van der Waals surface area (Å²) in [6, 6.07) is 0. The Balaban J connectivity index is 1.92. The summed E-state index contributed by atoms with van der Waals surface area (Å²) in [6.07, 6.45) is 5.15. The molecule has 0 radical (unpaired) electrons. The molecule has 0 spiro atoms. The molecule has 2 rings (SSSR count). The van der Waals surface area contributed by atoms with E-state index in [4.69, 9.17) is 0 Å². The highest BCUT2D eigenvalue weighted by atomic mass is 19.1. The minimum absolute atomic E-state index is 0.522. The van der Waals surface area contributed by atoms with Crippen molar-refractivity contribution in [3.8, 4) is 0 Å². The van der Waals surface area contributed by atoms with Crippen LogP contribution < -0.4 is 0 Å². The molecule has 0 saturated carbocycles. The Morgan fingerprint density at radius 3 is 3.21 bits per heavy atom. The van der Waals surface area contributed by atoms with E-state index in [0.717, 1.165) is 25.3 Å². The van der Waals surface area contributed by atoms with Gasteiger partial charge in [0.15, 0.2) is 0 Å². The van der Waals surface area contributed by atoms with Crippen LogP contribution in [0.3, 0.4) is 0 Å². The van der Waals surface area contributed by atoms with E-state index < -0.39 is 5.67 Å². The van der Waals surface area contributed by atoms with E-state index in [0.29, 0.717) is 13.0 Å². The van der Waals surface area contributed by atoms with Crippen LogP contribution in [0, 0.1) is 0 Å². The first-order valence-electron chi connectivity index (χ1n) is 5.05. The van der Waals surface area contributed by atoms with Crippen LogP contribution in [0.1, 0.15) is 25.6 Å². The smallest absolute Gasteiger partial charge is 0.120 e. The lowest BCUT2D eigenvalue weighted by Gasteiger charge is -2.34. The molecule has 1 aliphatic rings. The minimum Gasteiger partial charge on any atom is -0.348 e. The number of likely N-dealkylation sites (tertiary alicyclic amines) is 1. The Labute approximate surface area is 83.3 Å². The molecule has 1 N–H and O–H groups in total. The summed E-state index contributed by atoms with van der Waals surface area (Å²) in [5, 5.41) is 0. The molecule has 1 saturated heterocycles. The zero-order valence-corrected chi connectivity index (χ0v) is 8.46. The Bertz CT molecular complexity index is 282. The quantitative estimate of drug-likeness (QED) is 0.783. The van der Waals surface area contributed by atoms with Gasteiger partial charge >= 0.3 is 0 Å². The minimum atomic E-state index is -1.02. The highest BCUT2D eigenvalue weighted by molar-refractivity contribution is 4.90. The summed E-state index contributed by atoms with van der Waals surface area (Å²) in [5.74, 6) is 0.919. The van der Waals surface area contributed by atoms with Crippen molar-refractivity contribution in [2.45, 2.75) is 32.0 Å². The highest BCUT2D eigenvalue weighted by Gasteiger charge is 2.30. The molecular weight excluding hydrogens is 181 g/mol. The topological polar surface area (TPSA) is 31.9 Å². The fourth-order valence-corrected chi connectivity index (χ4v) is 2.03. The van der Waals surface area contributed by atoms with E-state index in [1.165, 1.54) is 0 Å². The average Bonchev–Trinajstić information content (AvgIpc) is 2.54. The molecule has 1 unspecified atom stereocenters. The third kappa shape index (κ3) is 2.32. The lowest BCUT2D eigenvalue weighted by Crippen LogP contribution is -2.42. The number of nitrogens with one attached hydrogen (secondary N) is 1. The molecule has 1 fully saturated rings. The molecule has 0 bridgehead atoms. The number of H-pyrrole nitrogens is 1. The summed E-state index contributed by atoms with van der Waals surface area (Å²) >= 11 is 0. The van der Waals surface area contributed by atoms with Gasteiger partial charge in [-0.1, -0.05) is 0 Å². The van der Waals surface area contributed by atoms with Crippen LogP contribution in [0.25, 0.3) is 0 Å². The standard InChI is InChI=1S/C10H16FN3/c1-10(11)3-2-6-14(8-10)7-9-12-4-5-13-9/h4-5H,2-3,6-8H2,1H3,(H,12,13). The lowest BCUT2D eigenvalue weighted by molar-refractivity contribution is 0.0550. The largest absolute Gasteiger partial charge is 0.348 e. The number of nitrogens with zero attached hydrogens (tertiary/aromatic N) is 2. The van der Waals surface area contributed by atoms with E-state index in [9.17, 15) is 4.39 Å². The molecule has 1 aromatic rings. The number of aromatic amines is 1. The molecule has 4 heteroatoms. The Hall–Kier alpha value is -0.900. The van der Waals surface area contributed by atoms with Crippen LogP contribution in [0.4, 0.5) is 4.39 Å². The lowest BCUT2D eigenvalue weighted by atomic mass is 9.97. The molecule has 2 heterocycles. The normalized spacial score (nSPS) is 29.3. The van der Waals surface area contributed by atoms with Gasteiger partial charge in [-0.15, -0.1) is 0 Å². The SMILES string of the molecule is CC1(F)CCCN(Cc2ncc[nH]2)C1. The van der Waals surface area contributed by atoms with Crippen LogP contribution in [-0.2, 0) is 6.54 Å². The second-order valence-electron chi connectivity index (χ2n) is 4.26.